The molecular weight excluding hydrogens is 332 g/mol. The number of pyridine rings is 1. The molecule has 0 fully saturated rings. The Balaban J connectivity index is 1.92. The van der Waals surface area contributed by atoms with Crippen LogP contribution in [0.2, 0.25) is 0 Å². The van der Waals surface area contributed by atoms with Crippen molar-refractivity contribution in [1.29, 1.82) is 0 Å². The second-order valence-electron chi connectivity index (χ2n) is 6.89. The molecular formula is C20H24N2O4. The number of hydrogen-bond acceptors (Lipinski definition) is 5. The van der Waals surface area contributed by atoms with Crippen molar-refractivity contribution < 1.29 is 19.4 Å². The van der Waals surface area contributed by atoms with Crippen molar-refractivity contribution in [1.82, 2.24) is 4.98 Å². The number of benzene rings is 1. The lowest BCUT2D eigenvalue weighted by Gasteiger charge is -2.36. The van der Waals surface area contributed by atoms with E-state index >= 15 is 0 Å². The fraction of sp³-hybridized carbons (Fsp3) is 0.400. The van der Waals surface area contributed by atoms with Crippen LogP contribution in [0.5, 0.6) is 17.2 Å². The van der Waals surface area contributed by atoms with E-state index in [4.69, 9.17) is 9.47 Å². The standard InChI is InChI=1S/C20H24N2O4/c1-11-12(2)18-14(13(3)17(11)23)6-8-20(4,26-18)19(24)22-15-10-21-9-7-16(15)25-5/h7,9-10,23H,6,8H2,1-5H3,(H,22,24). The van der Waals surface area contributed by atoms with E-state index in [2.05, 4.69) is 10.3 Å². The molecule has 1 atom stereocenters. The number of phenols is 1. The Morgan fingerprint density at radius 3 is 2.73 bits per heavy atom. The number of aromatic nitrogens is 1. The van der Waals surface area contributed by atoms with Gasteiger partial charge in [-0.25, -0.2) is 0 Å². The van der Waals surface area contributed by atoms with Gasteiger partial charge in [0.1, 0.15) is 22.9 Å². The van der Waals surface area contributed by atoms with Crippen LogP contribution in [0, 0.1) is 20.8 Å². The summed E-state index contributed by atoms with van der Waals surface area (Å²) in [4.78, 5) is 17.0. The van der Waals surface area contributed by atoms with Gasteiger partial charge in [-0.1, -0.05) is 0 Å². The Labute approximate surface area is 153 Å². The van der Waals surface area contributed by atoms with Crippen molar-refractivity contribution in [3.8, 4) is 17.2 Å². The molecule has 1 aromatic heterocycles. The largest absolute Gasteiger partial charge is 0.507 e. The zero-order chi connectivity index (χ0) is 19.1. The second kappa shape index (κ2) is 6.52. The maximum atomic E-state index is 12.9. The van der Waals surface area contributed by atoms with Crippen LogP contribution < -0.4 is 14.8 Å². The molecule has 0 aliphatic carbocycles. The lowest BCUT2D eigenvalue weighted by Crippen LogP contribution is -2.48. The monoisotopic (exact) mass is 356 g/mol. The summed E-state index contributed by atoms with van der Waals surface area (Å²) in [6.45, 7) is 7.42. The summed E-state index contributed by atoms with van der Waals surface area (Å²) in [6.07, 6.45) is 4.32. The molecule has 0 bridgehead atoms. The van der Waals surface area contributed by atoms with Crippen molar-refractivity contribution in [2.24, 2.45) is 0 Å². The number of amides is 1. The maximum Gasteiger partial charge on any atom is 0.268 e. The Morgan fingerprint density at radius 1 is 1.31 bits per heavy atom. The van der Waals surface area contributed by atoms with Gasteiger partial charge in [-0.3, -0.25) is 9.78 Å². The van der Waals surface area contributed by atoms with E-state index < -0.39 is 5.60 Å². The average Bonchev–Trinajstić information content (AvgIpc) is 2.65. The average molecular weight is 356 g/mol. The van der Waals surface area contributed by atoms with Crippen LogP contribution in [0.4, 0.5) is 5.69 Å². The summed E-state index contributed by atoms with van der Waals surface area (Å²) >= 11 is 0. The molecule has 2 aromatic rings. The zero-order valence-electron chi connectivity index (χ0n) is 15.8. The van der Waals surface area contributed by atoms with Gasteiger partial charge in [0.25, 0.3) is 5.91 Å². The van der Waals surface area contributed by atoms with E-state index in [1.165, 1.54) is 0 Å². The Bertz CT molecular complexity index is 879. The molecule has 2 N–H and O–H groups in total. The van der Waals surface area contributed by atoms with Gasteiger partial charge in [-0.05, 0) is 50.8 Å². The number of rotatable bonds is 3. The SMILES string of the molecule is COc1ccncc1NC(=O)C1(C)CCc2c(C)c(O)c(C)c(C)c2O1. The van der Waals surface area contributed by atoms with E-state index in [1.807, 2.05) is 20.8 Å². The minimum absolute atomic E-state index is 0.253. The molecule has 1 aromatic carbocycles. The maximum absolute atomic E-state index is 12.9. The van der Waals surface area contributed by atoms with Gasteiger partial charge < -0.3 is 19.9 Å². The molecule has 1 aliphatic rings. The number of aromatic hydroxyl groups is 1. The Morgan fingerprint density at radius 2 is 2.04 bits per heavy atom. The molecule has 26 heavy (non-hydrogen) atoms. The summed E-state index contributed by atoms with van der Waals surface area (Å²) in [7, 11) is 1.54. The zero-order valence-corrected chi connectivity index (χ0v) is 15.8. The van der Waals surface area contributed by atoms with Gasteiger partial charge in [0.05, 0.1) is 13.3 Å². The molecule has 1 unspecified atom stereocenters. The van der Waals surface area contributed by atoms with Crippen LogP contribution >= 0.6 is 0 Å². The number of nitrogens with one attached hydrogen (secondary N) is 1. The van der Waals surface area contributed by atoms with Crippen LogP contribution in [0.3, 0.4) is 0 Å². The van der Waals surface area contributed by atoms with Crippen LogP contribution in [0.15, 0.2) is 18.5 Å². The fourth-order valence-electron chi connectivity index (χ4n) is 3.32. The predicted octanol–water partition coefficient (Wildman–Crippen LogP) is 3.44. The normalized spacial score (nSPS) is 18.7. The fourth-order valence-corrected chi connectivity index (χ4v) is 3.32. The first-order valence-corrected chi connectivity index (χ1v) is 8.58. The lowest BCUT2D eigenvalue weighted by molar-refractivity contribution is -0.131. The van der Waals surface area contributed by atoms with Crippen molar-refractivity contribution in [3.05, 3.63) is 40.7 Å². The highest BCUT2D eigenvalue weighted by Crippen LogP contribution is 2.43. The number of phenolic OH excluding ortho intramolecular Hbond substituents is 1. The highest BCUT2D eigenvalue weighted by molar-refractivity contribution is 5.98. The van der Waals surface area contributed by atoms with Crippen LogP contribution in [0.1, 0.15) is 35.6 Å². The third-order valence-electron chi connectivity index (χ3n) is 5.25. The first-order valence-electron chi connectivity index (χ1n) is 8.58. The summed E-state index contributed by atoms with van der Waals surface area (Å²) in [5.74, 6) is 1.29. The molecule has 0 saturated carbocycles. The molecule has 0 spiro atoms. The highest BCUT2D eigenvalue weighted by Gasteiger charge is 2.41. The number of methoxy groups -OCH3 is 1. The van der Waals surface area contributed by atoms with E-state index in [1.54, 1.807) is 32.5 Å². The Kier molecular flexibility index (Phi) is 4.52. The topological polar surface area (TPSA) is 80.7 Å². The quantitative estimate of drug-likeness (QED) is 0.880. The van der Waals surface area contributed by atoms with Gasteiger partial charge in [0.2, 0.25) is 0 Å². The number of carbonyl (C=O) groups excluding carboxylic acids is 1. The first kappa shape index (κ1) is 18.0. The highest BCUT2D eigenvalue weighted by atomic mass is 16.5. The minimum Gasteiger partial charge on any atom is -0.507 e. The Hall–Kier alpha value is -2.76. The molecule has 6 heteroatoms. The van der Waals surface area contributed by atoms with Gasteiger partial charge in [0.15, 0.2) is 5.60 Å². The van der Waals surface area contributed by atoms with E-state index in [0.717, 1.165) is 22.3 Å². The van der Waals surface area contributed by atoms with Gasteiger partial charge in [-0.2, -0.15) is 0 Å². The number of hydrogen-bond donors (Lipinski definition) is 2. The van der Waals surface area contributed by atoms with Crippen LogP contribution in [0.25, 0.3) is 0 Å². The van der Waals surface area contributed by atoms with Crippen molar-refractivity contribution in [3.63, 3.8) is 0 Å². The number of fused-ring (bicyclic) bond motifs is 1. The van der Waals surface area contributed by atoms with Gasteiger partial charge >= 0.3 is 0 Å². The van der Waals surface area contributed by atoms with E-state index in [9.17, 15) is 9.90 Å². The molecule has 138 valence electrons. The van der Waals surface area contributed by atoms with Gasteiger partial charge in [0, 0.05) is 24.2 Å². The van der Waals surface area contributed by atoms with Crippen LogP contribution in [-0.2, 0) is 11.2 Å². The molecule has 3 rings (SSSR count). The smallest absolute Gasteiger partial charge is 0.268 e. The molecule has 0 radical (unpaired) electrons. The summed E-state index contributed by atoms with van der Waals surface area (Å²) < 4.78 is 11.5. The molecule has 2 heterocycles. The molecule has 6 nitrogen and oxygen atoms in total. The van der Waals surface area contributed by atoms with Crippen molar-refractivity contribution >= 4 is 11.6 Å². The summed E-state index contributed by atoms with van der Waals surface area (Å²) in [5, 5.41) is 13.1. The number of anilines is 1. The first-order chi connectivity index (χ1) is 12.3. The lowest BCUT2D eigenvalue weighted by atomic mass is 9.86. The second-order valence-corrected chi connectivity index (χ2v) is 6.89. The summed E-state index contributed by atoms with van der Waals surface area (Å²) in [5.41, 5.74) is 2.91. The number of ether oxygens (including phenoxy) is 2. The van der Waals surface area contributed by atoms with Crippen LogP contribution in [-0.4, -0.2) is 28.7 Å². The molecule has 1 aliphatic heterocycles. The third kappa shape index (κ3) is 2.85. The minimum atomic E-state index is -1.02. The number of carbonyl (C=O) groups is 1. The van der Waals surface area contributed by atoms with Gasteiger partial charge in [-0.15, -0.1) is 0 Å². The van der Waals surface area contributed by atoms with E-state index in [-0.39, 0.29) is 5.91 Å². The molecule has 0 saturated heterocycles. The summed E-state index contributed by atoms with van der Waals surface area (Å²) in [6, 6.07) is 1.69. The van der Waals surface area contributed by atoms with Crippen molar-refractivity contribution in [2.45, 2.75) is 46.1 Å². The molecule has 1 amide bonds. The van der Waals surface area contributed by atoms with E-state index in [0.29, 0.717) is 35.8 Å². The van der Waals surface area contributed by atoms with Crippen molar-refractivity contribution in [2.75, 3.05) is 12.4 Å². The predicted molar refractivity (Wildman–Crippen MR) is 99.1 cm³/mol. The third-order valence-corrected chi connectivity index (χ3v) is 5.25. The number of nitrogens with zero attached hydrogens (tertiary/aromatic N) is 1.